The van der Waals surface area contributed by atoms with Crippen molar-refractivity contribution in [2.75, 3.05) is 39.3 Å². The molecule has 2 aliphatic heterocycles. The summed E-state index contributed by atoms with van der Waals surface area (Å²) in [5.74, 6) is 0.296. The van der Waals surface area contributed by atoms with E-state index in [2.05, 4.69) is 63.2 Å². The van der Waals surface area contributed by atoms with Gasteiger partial charge in [0, 0.05) is 62.9 Å². The van der Waals surface area contributed by atoms with Crippen molar-refractivity contribution >= 4 is 5.91 Å². The van der Waals surface area contributed by atoms with E-state index in [1.165, 1.54) is 32.5 Å². The largest absolute Gasteiger partial charge is 0.338 e. The zero-order valence-corrected chi connectivity index (χ0v) is 18.2. The van der Waals surface area contributed by atoms with Gasteiger partial charge in [-0.3, -0.25) is 19.5 Å². The summed E-state index contributed by atoms with van der Waals surface area (Å²) in [7, 11) is 0. The number of carbonyl (C=O) groups is 1. The highest BCUT2D eigenvalue weighted by Crippen LogP contribution is 2.20. The smallest absolute Gasteiger partial charge is 0.237 e. The van der Waals surface area contributed by atoms with Gasteiger partial charge in [0.05, 0.1) is 6.54 Å². The van der Waals surface area contributed by atoms with Gasteiger partial charge in [-0.2, -0.15) is 0 Å². The first-order valence-corrected chi connectivity index (χ1v) is 10.7. The van der Waals surface area contributed by atoms with Gasteiger partial charge in [0.2, 0.25) is 5.91 Å². The molecule has 0 aromatic heterocycles. The Kier molecular flexibility index (Phi) is 7.92. The molecule has 1 amide bonds. The molecule has 5 heteroatoms. The van der Waals surface area contributed by atoms with E-state index in [1.54, 1.807) is 0 Å². The molecule has 0 N–H and O–H groups in total. The van der Waals surface area contributed by atoms with Crippen molar-refractivity contribution in [2.24, 2.45) is 0 Å². The first-order chi connectivity index (χ1) is 12.2. The van der Waals surface area contributed by atoms with Crippen LogP contribution in [-0.4, -0.2) is 95.0 Å². The highest BCUT2D eigenvalue weighted by Gasteiger charge is 2.30. The van der Waals surface area contributed by atoms with E-state index in [-0.39, 0.29) is 0 Å². The van der Waals surface area contributed by atoms with Crippen LogP contribution in [0.15, 0.2) is 0 Å². The predicted molar refractivity (Wildman–Crippen MR) is 109 cm³/mol. The van der Waals surface area contributed by atoms with Crippen LogP contribution >= 0.6 is 0 Å². The maximum absolute atomic E-state index is 12.3. The lowest BCUT2D eigenvalue weighted by atomic mass is 10.0. The van der Waals surface area contributed by atoms with Crippen molar-refractivity contribution in [1.29, 1.82) is 0 Å². The molecular weight excluding hydrogens is 324 g/mol. The van der Waals surface area contributed by atoms with E-state index >= 15 is 0 Å². The zero-order chi connectivity index (χ0) is 19.4. The topological polar surface area (TPSA) is 30.0 Å². The van der Waals surface area contributed by atoms with E-state index in [1.807, 2.05) is 4.90 Å². The number of piperazine rings is 2. The van der Waals surface area contributed by atoms with Crippen LogP contribution in [0.2, 0.25) is 0 Å². The molecule has 0 bridgehead atoms. The molecule has 2 heterocycles. The maximum atomic E-state index is 12.3. The molecule has 3 atom stereocenters. The number of nitrogens with zero attached hydrogens (tertiary/aromatic N) is 4. The molecule has 0 aromatic carbocycles. The fourth-order valence-corrected chi connectivity index (χ4v) is 4.58. The number of carbonyl (C=O) groups excluding carboxylic acids is 1. The van der Waals surface area contributed by atoms with Gasteiger partial charge in [0.25, 0.3) is 0 Å². The number of rotatable bonds is 7. The molecule has 5 nitrogen and oxygen atoms in total. The third-order valence-corrected chi connectivity index (χ3v) is 6.54. The van der Waals surface area contributed by atoms with Crippen LogP contribution in [0.4, 0.5) is 0 Å². The summed E-state index contributed by atoms with van der Waals surface area (Å²) in [6.07, 6.45) is 2.39. The second kappa shape index (κ2) is 9.52. The fraction of sp³-hybridized carbons (Fsp3) is 0.952. The van der Waals surface area contributed by atoms with Crippen molar-refractivity contribution < 1.29 is 4.79 Å². The molecule has 2 rings (SSSR count). The van der Waals surface area contributed by atoms with Gasteiger partial charge in [-0.15, -0.1) is 0 Å². The van der Waals surface area contributed by atoms with Crippen molar-refractivity contribution in [2.45, 2.75) is 91.5 Å². The molecule has 0 aromatic rings. The monoisotopic (exact) mass is 366 g/mol. The lowest BCUT2D eigenvalue weighted by Crippen LogP contribution is -2.56. The summed E-state index contributed by atoms with van der Waals surface area (Å²) >= 11 is 0. The van der Waals surface area contributed by atoms with Gasteiger partial charge >= 0.3 is 0 Å². The summed E-state index contributed by atoms with van der Waals surface area (Å²) in [6, 6.07) is 2.72. The summed E-state index contributed by atoms with van der Waals surface area (Å²) in [5, 5.41) is 0. The SMILES string of the molecule is CC(C)N1CCN(C(C)CCC(C)N2CCN(C(C)C)C(=O)C2)C(C)C1. The minimum absolute atomic E-state index is 0.296. The van der Waals surface area contributed by atoms with Gasteiger partial charge in [-0.05, 0) is 61.3 Å². The van der Waals surface area contributed by atoms with Crippen LogP contribution in [0, 0.1) is 0 Å². The number of hydrogen-bond acceptors (Lipinski definition) is 4. The van der Waals surface area contributed by atoms with Crippen LogP contribution in [0.25, 0.3) is 0 Å². The third-order valence-electron chi connectivity index (χ3n) is 6.54. The minimum atomic E-state index is 0.296. The molecule has 0 spiro atoms. The van der Waals surface area contributed by atoms with Crippen molar-refractivity contribution in [3.63, 3.8) is 0 Å². The van der Waals surface area contributed by atoms with E-state index in [0.717, 1.165) is 13.1 Å². The molecule has 26 heavy (non-hydrogen) atoms. The second-order valence-electron chi connectivity index (χ2n) is 9.10. The molecule has 2 saturated heterocycles. The Labute approximate surface area is 161 Å². The summed E-state index contributed by atoms with van der Waals surface area (Å²) in [5.41, 5.74) is 0. The Balaban J connectivity index is 1.77. The lowest BCUT2D eigenvalue weighted by molar-refractivity contribution is -0.138. The van der Waals surface area contributed by atoms with E-state index in [4.69, 9.17) is 0 Å². The average molecular weight is 367 g/mol. The third kappa shape index (κ3) is 5.43. The second-order valence-corrected chi connectivity index (χ2v) is 9.10. The first-order valence-electron chi connectivity index (χ1n) is 10.7. The summed E-state index contributed by atoms with van der Waals surface area (Å²) in [4.78, 5) is 22.0. The first kappa shape index (κ1) is 21.6. The van der Waals surface area contributed by atoms with Crippen molar-refractivity contribution in [3.05, 3.63) is 0 Å². The van der Waals surface area contributed by atoms with Gasteiger partial charge in [-0.1, -0.05) is 0 Å². The quantitative estimate of drug-likeness (QED) is 0.693. The van der Waals surface area contributed by atoms with Crippen LogP contribution in [0.5, 0.6) is 0 Å². The van der Waals surface area contributed by atoms with Crippen LogP contribution in [-0.2, 0) is 4.79 Å². The molecule has 0 radical (unpaired) electrons. The summed E-state index contributed by atoms with van der Waals surface area (Å²) in [6.45, 7) is 21.9. The van der Waals surface area contributed by atoms with E-state index < -0.39 is 0 Å². The average Bonchev–Trinajstić information content (AvgIpc) is 2.58. The Morgan fingerprint density at radius 2 is 1.46 bits per heavy atom. The molecule has 152 valence electrons. The molecular formula is C21H42N4O. The normalized spacial score (nSPS) is 26.7. The molecule has 2 aliphatic rings. The fourth-order valence-electron chi connectivity index (χ4n) is 4.58. The number of hydrogen-bond donors (Lipinski definition) is 0. The van der Waals surface area contributed by atoms with Crippen molar-refractivity contribution in [3.8, 4) is 0 Å². The standard InChI is InChI=1S/C21H42N4O/c1-16(2)22-10-13-25(20(7)14-22)19(6)9-8-18(5)23-11-12-24(17(3)4)21(26)15-23/h16-20H,8-15H2,1-7H3. The van der Waals surface area contributed by atoms with Crippen molar-refractivity contribution in [1.82, 2.24) is 19.6 Å². The van der Waals surface area contributed by atoms with Gasteiger partial charge in [0.1, 0.15) is 0 Å². The Hall–Kier alpha value is -0.650. The zero-order valence-electron chi connectivity index (χ0n) is 18.2. The van der Waals surface area contributed by atoms with Gasteiger partial charge in [0.15, 0.2) is 0 Å². The Bertz CT molecular complexity index is 453. The summed E-state index contributed by atoms with van der Waals surface area (Å²) < 4.78 is 0. The number of amides is 1. The maximum Gasteiger partial charge on any atom is 0.237 e. The molecule has 2 fully saturated rings. The van der Waals surface area contributed by atoms with E-state index in [9.17, 15) is 4.79 Å². The minimum Gasteiger partial charge on any atom is -0.338 e. The van der Waals surface area contributed by atoms with Crippen LogP contribution in [0.3, 0.4) is 0 Å². The van der Waals surface area contributed by atoms with Gasteiger partial charge in [-0.25, -0.2) is 0 Å². The van der Waals surface area contributed by atoms with Gasteiger partial charge < -0.3 is 4.90 Å². The van der Waals surface area contributed by atoms with Crippen LogP contribution < -0.4 is 0 Å². The lowest BCUT2D eigenvalue weighted by Gasteiger charge is -2.45. The highest BCUT2D eigenvalue weighted by molar-refractivity contribution is 5.79. The molecule has 3 unspecified atom stereocenters. The van der Waals surface area contributed by atoms with E-state index in [0.29, 0.717) is 42.7 Å². The Morgan fingerprint density at radius 1 is 0.846 bits per heavy atom. The van der Waals surface area contributed by atoms with Crippen LogP contribution in [0.1, 0.15) is 61.3 Å². The highest BCUT2D eigenvalue weighted by atomic mass is 16.2. The molecule has 0 saturated carbocycles. The Morgan fingerprint density at radius 3 is 2.00 bits per heavy atom. The predicted octanol–water partition coefficient (Wildman–Crippen LogP) is 2.51. The molecule has 0 aliphatic carbocycles.